The van der Waals surface area contributed by atoms with Crippen LogP contribution in [0.4, 0.5) is 0 Å². The zero-order valence-corrected chi connectivity index (χ0v) is 16.5. The largest absolute Gasteiger partial charge is 0.487 e. The average molecular weight is 411 g/mol. The fourth-order valence-electron chi connectivity index (χ4n) is 2.83. The van der Waals surface area contributed by atoms with Crippen LogP contribution < -0.4 is 15.4 Å². The number of hydrogen-bond donors (Lipinski definition) is 2. The highest BCUT2D eigenvalue weighted by atomic mass is 35.5. The van der Waals surface area contributed by atoms with E-state index < -0.39 is 0 Å². The summed E-state index contributed by atoms with van der Waals surface area (Å²) >= 11 is 6.13. The number of carbonyl (C=O) groups excluding carboxylic acids is 1. The highest BCUT2D eigenvalue weighted by molar-refractivity contribution is 6.32. The molecule has 1 heterocycles. The first-order valence-electron chi connectivity index (χ1n) is 8.74. The lowest BCUT2D eigenvalue weighted by Gasteiger charge is -2.23. The van der Waals surface area contributed by atoms with Crippen molar-refractivity contribution in [2.24, 2.45) is 0 Å². The van der Waals surface area contributed by atoms with Crippen molar-refractivity contribution in [3.63, 3.8) is 0 Å². The second-order valence-corrected chi connectivity index (χ2v) is 6.60. The summed E-state index contributed by atoms with van der Waals surface area (Å²) in [5, 5.41) is 6.85. The molecule has 1 unspecified atom stereocenters. The van der Waals surface area contributed by atoms with Gasteiger partial charge in [-0.15, -0.1) is 12.4 Å². The van der Waals surface area contributed by atoms with E-state index in [1.807, 2.05) is 42.5 Å². The number of para-hydroxylation sites is 1. The van der Waals surface area contributed by atoms with Crippen molar-refractivity contribution in [1.82, 2.24) is 10.6 Å². The maximum absolute atomic E-state index is 12.2. The minimum atomic E-state index is 0. The maximum atomic E-state index is 12.2. The average Bonchev–Trinajstić information content (AvgIpc) is 2.67. The van der Waals surface area contributed by atoms with E-state index >= 15 is 0 Å². The molecule has 1 amide bonds. The number of amides is 1. The van der Waals surface area contributed by atoms with Crippen molar-refractivity contribution in [2.75, 3.05) is 19.8 Å². The van der Waals surface area contributed by atoms with Gasteiger partial charge < -0.3 is 20.1 Å². The molecule has 2 aromatic rings. The number of nitrogens with one attached hydrogen (secondary N) is 2. The predicted octanol–water partition coefficient (Wildman–Crippen LogP) is 3.34. The van der Waals surface area contributed by atoms with Crippen LogP contribution in [0.1, 0.15) is 17.5 Å². The molecule has 0 aliphatic carbocycles. The Morgan fingerprint density at radius 2 is 1.93 bits per heavy atom. The van der Waals surface area contributed by atoms with Gasteiger partial charge in [-0.25, -0.2) is 0 Å². The molecule has 3 rings (SSSR count). The number of carbonyl (C=O) groups is 1. The van der Waals surface area contributed by atoms with Gasteiger partial charge in [-0.05, 0) is 23.3 Å². The Balaban J connectivity index is 0.00000261. The van der Waals surface area contributed by atoms with Gasteiger partial charge in [-0.3, -0.25) is 4.79 Å². The molecule has 0 bridgehead atoms. The Bertz CT molecular complexity index is 737. The Labute approximate surface area is 170 Å². The lowest BCUT2D eigenvalue weighted by atomic mass is 10.1. The molecular formula is C20H24Cl2N2O3. The molecule has 7 heteroatoms. The smallest absolute Gasteiger partial charge is 0.221 e. The number of morpholine rings is 1. The first-order valence-corrected chi connectivity index (χ1v) is 9.12. The predicted molar refractivity (Wildman–Crippen MR) is 109 cm³/mol. The summed E-state index contributed by atoms with van der Waals surface area (Å²) in [5.41, 5.74) is 2.05. The first kappa shape index (κ1) is 21.5. The van der Waals surface area contributed by atoms with Crippen LogP contribution in [0.25, 0.3) is 0 Å². The van der Waals surface area contributed by atoms with E-state index in [2.05, 4.69) is 10.6 Å². The second kappa shape index (κ2) is 11.1. The van der Waals surface area contributed by atoms with Gasteiger partial charge in [-0.2, -0.15) is 0 Å². The van der Waals surface area contributed by atoms with Crippen LogP contribution in [0.5, 0.6) is 5.75 Å². The lowest BCUT2D eigenvalue weighted by Crippen LogP contribution is -2.44. The zero-order valence-electron chi connectivity index (χ0n) is 14.9. The van der Waals surface area contributed by atoms with Crippen LogP contribution in [0.15, 0.2) is 48.5 Å². The number of benzene rings is 2. The quantitative estimate of drug-likeness (QED) is 0.734. The summed E-state index contributed by atoms with van der Waals surface area (Å²) < 4.78 is 11.2. The summed E-state index contributed by atoms with van der Waals surface area (Å²) in [4.78, 5) is 12.2. The highest BCUT2D eigenvalue weighted by Gasteiger charge is 2.16. The van der Waals surface area contributed by atoms with E-state index in [1.165, 1.54) is 0 Å². The summed E-state index contributed by atoms with van der Waals surface area (Å²) in [6.07, 6.45) is 0.415. The van der Waals surface area contributed by atoms with E-state index in [-0.39, 0.29) is 24.4 Å². The van der Waals surface area contributed by atoms with Gasteiger partial charge in [0, 0.05) is 25.6 Å². The zero-order chi connectivity index (χ0) is 18.2. The van der Waals surface area contributed by atoms with Crippen LogP contribution >= 0.6 is 24.0 Å². The van der Waals surface area contributed by atoms with E-state index in [1.54, 1.807) is 6.07 Å². The number of ether oxygens (including phenoxy) is 2. The fraction of sp³-hybridized carbons (Fsp3) is 0.350. The standard InChI is InChI=1S/C20H23ClN2O3.ClH/c21-18-7-3-4-8-19(18)26-13-16-6-2-1-5-15(16)12-23-20(24)11-17-14-25-10-9-22-17;/h1-8,17,22H,9-14H2,(H,23,24);1H. The molecule has 1 aliphatic rings. The van der Waals surface area contributed by atoms with E-state index in [9.17, 15) is 4.79 Å². The van der Waals surface area contributed by atoms with Crippen molar-refractivity contribution in [3.8, 4) is 5.75 Å². The van der Waals surface area contributed by atoms with Gasteiger partial charge >= 0.3 is 0 Å². The molecule has 1 aliphatic heterocycles. The molecule has 0 aromatic heterocycles. The summed E-state index contributed by atoms with van der Waals surface area (Å²) in [6.45, 7) is 2.94. The second-order valence-electron chi connectivity index (χ2n) is 6.19. The fourth-order valence-corrected chi connectivity index (χ4v) is 3.02. The summed E-state index contributed by atoms with van der Waals surface area (Å²) in [5.74, 6) is 0.659. The van der Waals surface area contributed by atoms with Crippen LogP contribution in [0.2, 0.25) is 5.02 Å². The Morgan fingerprint density at radius 3 is 2.67 bits per heavy atom. The normalized spacial score (nSPS) is 16.3. The maximum Gasteiger partial charge on any atom is 0.221 e. The SMILES string of the molecule is Cl.O=C(CC1COCCN1)NCc1ccccc1COc1ccccc1Cl. The van der Waals surface area contributed by atoms with Crippen LogP contribution in [0, 0.1) is 0 Å². The number of rotatable bonds is 7. The van der Waals surface area contributed by atoms with Crippen LogP contribution in [0.3, 0.4) is 0 Å². The van der Waals surface area contributed by atoms with Crippen molar-refractivity contribution < 1.29 is 14.3 Å². The van der Waals surface area contributed by atoms with Crippen molar-refractivity contribution in [3.05, 3.63) is 64.7 Å². The third-order valence-electron chi connectivity index (χ3n) is 4.24. The molecule has 2 aromatic carbocycles. The van der Waals surface area contributed by atoms with Crippen molar-refractivity contribution >= 4 is 29.9 Å². The Kier molecular flexibility index (Phi) is 8.88. The summed E-state index contributed by atoms with van der Waals surface area (Å²) in [6, 6.07) is 15.4. The molecule has 1 fully saturated rings. The van der Waals surface area contributed by atoms with Gasteiger partial charge in [0.2, 0.25) is 5.91 Å². The first-order chi connectivity index (χ1) is 12.7. The molecule has 0 radical (unpaired) electrons. The van der Waals surface area contributed by atoms with E-state index in [0.29, 0.717) is 43.6 Å². The molecule has 1 atom stereocenters. The van der Waals surface area contributed by atoms with E-state index in [0.717, 1.165) is 17.7 Å². The molecule has 0 spiro atoms. The molecule has 27 heavy (non-hydrogen) atoms. The van der Waals surface area contributed by atoms with Gasteiger partial charge in [-0.1, -0.05) is 48.0 Å². The minimum Gasteiger partial charge on any atom is -0.487 e. The van der Waals surface area contributed by atoms with Gasteiger partial charge in [0.05, 0.1) is 18.2 Å². The van der Waals surface area contributed by atoms with Crippen molar-refractivity contribution in [2.45, 2.75) is 25.6 Å². The van der Waals surface area contributed by atoms with Crippen LogP contribution in [-0.4, -0.2) is 31.7 Å². The number of hydrogen-bond acceptors (Lipinski definition) is 4. The van der Waals surface area contributed by atoms with Crippen molar-refractivity contribution in [1.29, 1.82) is 0 Å². The van der Waals surface area contributed by atoms with E-state index in [4.69, 9.17) is 21.1 Å². The minimum absolute atomic E-state index is 0. The monoisotopic (exact) mass is 410 g/mol. The molecule has 1 saturated heterocycles. The Morgan fingerprint density at radius 1 is 1.19 bits per heavy atom. The topological polar surface area (TPSA) is 59.6 Å². The van der Waals surface area contributed by atoms with Gasteiger partial charge in [0.1, 0.15) is 12.4 Å². The third-order valence-corrected chi connectivity index (χ3v) is 4.56. The highest BCUT2D eigenvalue weighted by Crippen LogP contribution is 2.24. The number of halogens is 2. The van der Waals surface area contributed by atoms with Gasteiger partial charge in [0.25, 0.3) is 0 Å². The Hall–Kier alpha value is -1.79. The molecule has 0 saturated carbocycles. The molecular weight excluding hydrogens is 387 g/mol. The van der Waals surface area contributed by atoms with Gasteiger partial charge in [0.15, 0.2) is 0 Å². The molecule has 5 nitrogen and oxygen atoms in total. The summed E-state index contributed by atoms with van der Waals surface area (Å²) in [7, 11) is 0. The molecule has 2 N–H and O–H groups in total. The lowest BCUT2D eigenvalue weighted by molar-refractivity contribution is -0.122. The third kappa shape index (κ3) is 6.70. The van der Waals surface area contributed by atoms with Crippen LogP contribution in [-0.2, 0) is 22.7 Å². The molecule has 146 valence electrons.